The number of nitrogens with zero attached hydrogens (tertiary/aromatic N) is 1. The second-order valence-electron chi connectivity index (χ2n) is 5.26. The Kier molecular flexibility index (Phi) is 4.30. The molecule has 1 fully saturated rings. The van der Waals surface area contributed by atoms with E-state index in [1.807, 2.05) is 32.0 Å². The number of amidine groups is 1. The van der Waals surface area contributed by atoms with E-state index in [-0.39, 0.29) is 11.7 Å². The molecule has 3 nitrogen and oxygen atoms in total. The van der Waals surface area contributed by atoms with Crippen LogP contribution in [0, 0.1) is 19.7 Å². The van der Waals surface area contributed by atoms with Crippen molar-refractivity contribution >= 4 is 34.6 Å². The highest BCUT2D eigenvalue weighted by Crippen LogP contribution is 2.29. The van der Waals surface area contributed by atoms with Gasteiger partial charge in [-0.15, -0.1) is 0 Å². The molecule has 5 heteroatoms. The Bertz CT molecular complexity index is 843. The Morgan fingerprint density at radius 3 is 2.74 bits per heavy atom. The zero-order valence-corrected chi connectivity index (χ0v) is 13.6. The summed E-state index contributed by atoms with van der Waals surface area (Å²) in [5, 5.41) is 3.28. The number of hydrogen-bond donors (Lipinski definition) is 1. The van der Waals surface area contributed by atoms with Gasteiger partial charge in [0.1, 0.15) is 5.82 Å². The lowest BCUT2D eigenvalue weighted by atomic mass is 10.1. The molecule has 1 heterocycles. The summed E-state index contributed by atoms with van der Waals surface area (Å²) in [6, 6.07) is 12.0. The zero-order valence-electron chi connectivity index (χ0n) is 12.8. The van der Waals surface area contributed by atoms with Gasteiger partial charge in [-0.25, -0.2) is 9.38 Å². The summed E-state index contributed by atoms with van der Waals surface area (Å²) in [5.74, 6) is -0.546. The van der Waals surface area contributed by atoms with Crippen molar-refractivity contribution in [2.45, 2.75) is 13.8 Å². The third-order valence-electron chi connectivity index (χ3n) is 3.60. The normalized spacial score (nSPS) is 17.8. The molecule has 2 aromatic rings. The van der Waals surface area contributed by atoms with Crippen LogP contribution in [0.25, 0.3) is 6.08 Å². The highest BCUT2D eigenvalue weighted by molar-refractivity contribution is 8.18. The van der Waals surface area contributed by atoms with Crippen LogP contribution < -0.4 is 5.32 Å². The highest BCUT2D eigenvalue weighted by Gasteiger charge is 2.24. The van der Waals surface area contributed by atoms with Gasteiger partial charge < -0.3 is 5.32 Å². The van der Waals surface area contributed by atoms with Gasteiger partial charge in [0.05, 0.1) is 10.6 Å². The van der Waals surface area contributed by atoms with Crippen LogP contribution in [0.15, 0.2) is 52.4 Å². The van der Waals surface area contributed by atoms with Crippen molar-refractivity contribution in [1.29, 1.82) is 0 Å². The molecule has 1 aliphatic heterocycles. The van der Waals surface area contributed by atoms with Gasteiger partial charge in [-0.1, -0.05) is 24.3 Å². The first-order chi connectivity index (χ1) is 11.0. The van der Waals surface area contributed by atoms with Crippen molar-refractivity contribution in [2.24, 2.45) is 4.99 Å². The molecule has 1 N–H and O–H groups in total. The molecule has 1 aliphatic rings. The summed E-state index contributed by atoms with van der Waals surface area (Å²) >= 11 is 1.26. The Morgan fingerprint density at radius 2 is 1.96 bits per heavy atom. The van der Waals surface area contributed by atoms with Crippen LogP contribution in [0.3, 0.4) is 0 Å². The third kappa shape index (κ3) is 3.51. The summed E-state index contributed by atoms with van der Waals surface area (Å²) in [7, 11) is 0. The number of carbonyl (C=O) groups is 1. The minimum Gasteiger partial charge on any atom is -0.300 e. The summed E-state index contributed by atoms with van der Waals surface area (Å²) in [4.78, 5) is 17.1. The molecule has 0 bridgehead atoms. The van der Waals surface area contributed by atoms with Gasteiger partial charge in [0.25, 0.3) is 5.91 Å². The lowest BCUT2D eigenvalue weighted by Gasteiger charge is -2.04. The zero-order chi connectivity index (χ0) is 16.4. The van der Waals surface area contributed by atoms with Gasteiger partial charge >= 0.3 is 0 Å². The van der Waals surface area contributed by atoms with Crippen LogP contribution in [-0.4, -0.2) is 11.1 Å². The van der Waals surface area contributed by atoms with Crippen molar-refractivity contribution < 1.29 is 9.18 Å². The molecule has 0 unspecified atom stereocenters. The van der Waals surface area contributed by atoms with Crippen molar-refractivity contribution in [3.63, 3.8) is 0 Å². The van der Waals surface area contributed by atoms with Crippen LogP contribution in [-0.2, 0) is 4.79 Å². The number of aliphatic imine (C=N–C) groups is 1. The van der Waals surface area contributed by atoms with Crippen LogP contribution in [0.5, 0.6) is 0 Å². The van der Waals surface area contributed by atoms with E-state index in [1.165, 1.54) is 23.9 Å². The standard InChI is InChI=1S/C18H15FN2OS/c1-11-5-3-8-15(12(11)2)20-18-21-17(22)16(23-18)10-13-6-4-7-14(19)9-13/h3-10H,1-2H3,(H,20,21,22). The maximum Gasteiger partial charge on any atom is 0.264 e. The first-order valence-electron chi connectivity index (χ1n) is 7.14. The van der Waals surface area contributed by atoms with Crippen LogP contribution >= 0.6 is 11.8 Å². The van der Waals surface area contributed by atoms with Crippen molar-refractivity contribution in [2.75, 3.05) is 0 Å². The number of carbonyl (C=O) groups excluding carboxylic acids is 1. The maximum atomic E-state index is 13.2. The SMILES string of the molecule is Cc1cccc(N=C2NC(=O)C(=Cc3cccc(F)c3)S2)c1C. The molecule has 0 aliphatic carbocycles. The number of nitrogens with one attached hydrogen (secondary N) is 1. The Balaban J connectivity index is 1.88. The lowest BCUT2D eigenvalue weighted by molar-refractivity contribution is -0.115. The second-order valence-corrected chi connectivity index (χ2v) is 6.29. The fourth-order valence-corrected chi connectivity index (χ4v) is 3.03. The molecule has 1 saturated heterocycles. The Labute approximate surface area is 138 Å². The molecule has 1 amide bonds. The number of benzene rings is 2. The highest BCUT2D eigenvalue weighted by atomic mass is 32.2. The molecular weight excluding hydrogens is 311 g/mol. The van der Waals surface area contributed by atoms with Crippen molar-refractivity contribution in [3.8, 4) is 0 Å². The molecule has 0 saturated carbocycles. The molecule has 116 valence electrons. The summed E-state index contributed by atoms with van der Waals surface area (Å²) in [5.41, 5.74) is 3.71. The van der Waals surface area contributed by atoms with Gasteiger partial charge in [-0.3, -0.25) is 4.79 Å². The van der Waals surface area contributed by atoms with Crippen molar-refractivity contribution in [3.05, 3.63) is 69.9 Å². The van der Waals surface area contributed by atoms with E-state index < -0.39 is 0 Å². The lowest BCUT2D eigenvalue weighted by Crippen LogP contribution is -2.19. The monoisotopic (exact) mass is 326 g/mol. The maximum absolute atomic E-state index is 13.2. The minimum absolute atomic E-state index is 0.219. The molecule has 2 aromatic carbocycles. The van der Waals surface area contributed by atoms with Crippen LogP contribution in [0.2, 0.25) is 0 Å². The fourth-order valence-electron chi connectivity index (χ4n) is 2.19. The molecular formula is C18H15FN2OS. The van der Waals surface area contributed by atoms with Gasteiger partial charge in [0.15, 0.2) is 5.17 Å². The van der Waals surface area contributed by atoms with E-state index in [4.69, 9.17) is 0 Å². The molecule has 0 aromatic heterocycles. The Hall–Kier alpha value is -2.40. The molecule has 0 radical (unpaired) electrons. The predicted molar refractivity (Wildman–Crippen MR) is 93.1 cm³/mol. The number of thioether (sulfide) groups is 1. The van der Waals surface area contributed by atoms with Gasteiger partial charge in [-0.2, -0.15) is 0 Å². The van der Waals surface area contributed by atoms with Crippen LogP contribution in [0.1, 0.15) is 16.7 Å². The average Bonchev–Trinajstić information content (AvgIpc) is 2.84. The summed E-state index contributed by atoms with van der Waals surface area (Å²) in [6.07, 6.45) is 1.66. The van der Waals surface area contributed by atoms with E-state index in [0.717, 1.165) is 16.8 Å². The number of halogens is 1. The Morgan fingerprint density at radius 1 is 1.17 bits per heavy atom. The second kappa shape index (κ2) is 6.38. The van der Waals surface area contributed by atoms with E-state index in [1.54, 1.807) is 18.2 Å². The van der Waals surface area contributed by atoms with E-state index in [2.05, 4.69) is 10.3 Å². The van der Waals surface area contributed by atoms with Crippen molar-refractivity contribution in [1.82, 2.24) is 5.32 Å². The molecule has 0 spiro atoms. The first kappa shape index (κ1) is 15.5. The van der Waals surface area contributed by atoms with Gasteiger partial charge in [0, 0.05) is 0 Å². The summed E-state index contributed by atoms with van der Waals surface area (Å²) in [6.45, 7) is 4.02. The van der Waals surface area contributed by atoms with E-state index in [0.29, 0.717) is 15.6 Å². The quantitative estimate of drug-likeness (QED) is 0.834. The number of rotatable bonds is 2. The minimum atomic E-state index is -0.327. The number of aryl methyl sites for hydroxylation is 1. The third-order valence-corrected chi connectivity index (χ3v) is 4.51. The van der Waals surface area contributed by atoms with Gasteiger partial charge in [0.2, 0.25) is 0 Å². The largest absolute Gasteiger partial charge is 0.300 e. The predicted octanol–water partition coefficient (Wildman–Crippen LogP) is 4.33. The summed E-state index contributed by atoms with van der Waals surface area (Å²) < 4.78 is 13.2. The molecule has 0 atom stereocenters. The molecule has 23 heavy (non-hydrogen) atoms. The van der Waals surface area contributed by atoms with E-state index >= 15 is 0 Å². The first-order valence-corrected chi connectivity index (χ1v) is 7.96. The van der Waals surface area contributed by atoms with Gasteiger partial charge in [-0.05, 0) is 66.6 Å². The van der Waals surface area contributed by atoms with Crippen LogP contribution in [0.4, 0.5) is 10.1 Å². The smallest absolute Gasteiger partial charge is 0.264 e. The topological polar surface area (TPSA) is 41.5 Å². The number of amides is 1. The van der Waals surface area contributed by atoms with E-state index in [9.17, 15) is 9.18 Å². The molecule has 3 rings (SSSR count). The number of hydrogen-bond acceptors (Lipinski definition) is 3. The average molecular weight is 326 g/mol. The fraction of sp³-hybridized carbons (Fsp3) is 0.111.